The fraction of sp³-hybridized carbons (Fsp3) is 0.304. The van der Waals surface area contributed by atoms with Crippen LogP contribution in [0.15, 0.2) is 60.7 Å². The predicted octanol–water partition coefficient (Wildman–Crippen LogP) is 2.85. The summed E-state index contributed by atoms with van der Waals surface area (Å²) in [5.74, 6) is 1.38. The predicted molar refractivity (Wildman–Crippen MR) is 110 cm³/mol. The molecule has 3 aromatic carbocycles. The minimum Gasteiger partial charge on any atom is -0.507 e. The third-order valence-electron chi connectivity index (χ3n) is 5.42. The number of fused-ring (bicyclic) bond motifs is 1. The van der Waals surface area contributed by atoms with E-state index in [0.717, 1.165) is 49.4 Å². The van der Waals surface area contributed by atoms with Gasteiger partial charge < -0.3 is 19.6 Å². The molecule has 3 aromatic rings. The number of aromatic hydroxyl groups is 1. The molecule has 4 rings (SSSR count). The van der Waals surface area contributed by atoms with Gasteiger partial charge in [0.15, 0.2) is 0 Å². The molecule has 1 saturated heterocycles. The summed E-state index contributed by atoms with van der Waals surface area (Å²) in [4.78, 5) is 3.92. The average Bonchev–Trinajstić information content (AvgIpc) is 2.71. The van der Waals surface area contributed by atoms with Crippen molar-refractivity contribution in [3.63, 3.8) is 0 Å². The number of phenols is 1. The second-order valence-electron chi connectivity index (χ2n) is 7.10. The first-order valence-electron chi connectivity index (χ1n) is 9.76. The highest BCUT2D eigenvalue weighted by atomic mass is 16.5. The Labute approximate surface area is 160 Å². The first-order chi connectivity index (χ1) is 13.3. The van der Waals surface area contributed by atoms with E-state index in [0.29, 0.717) is 12.4 Å². The molecule has 2 N–H and O–H groups in total. The van der Waals surface area contributed by atoms with E-state index < -0.39 is 0 Å². The number of para-hydroxylation sites is 2. The summed E-state index contributed by atoms with van der Waals surface area (Å²) in [5.41, 5.74) is 2.25. The van der Waals surface area contributed by atoms with E-state index >= 15 is 0 Å². The highest BCUT2D eigenvalue weighted by Gasteiger charge is 2.23. The highest BCUT2D eigenvalue weighted by Crippen LogP contribution is 2.28. The molecule has 140 valence electrons. The van der Waals surface area contributed by atoms with Crippen molar-refractivity contribution >= 4 is 16.5 Å². The number of nitrogens with one attached hydrogen (secondary N) is 1. The Morgan fingerprint density at radius 3 is 2.52 bits per heavy atom. The molecule has 4 heteroatoms. The van der Waals surface area contributed by atoms with Crippen LogP contribution in [0.5, 0.6) is 11.5 Å². The molecule has 4 nitrogen and oxygen atoms in total. The number of hydrogen-bond acceptors (Lipinski definition) is 3. The van der Waals surface area contributed by atoms with E-state index in [4.69, 9.17) is 4.74 Å². The Morgan fingerprint density at radius 2 is 1.70 bits per heavy atom. The molecule has 0 radical (unpaired) electrons. The molecule has 1 heterocycles. The number of ether oxygens (including phenoxy) is 1. The van der Waals surface area contributed by atoms with Crippen LogP contribution in [0.1, 0.15) is 12.5 Å². The van der Waals surface area contributed by atoms with Gasteiger partial charge in [0.25, 0.3) is 0 Å². The van der Waals surface area contributed by atoms with E-state index in [1.807, 2.05) is 43.3 Å². The smallest absolute Gasteiger partial charge is 0.142 e. The van der Waals surface area contributed by atoms with Crippen LogP contribution < -0.4 is 14.5 Å². The van der Waals surface area contributed by atoms with E-state index in [1.165, 1.54) is 16.0 Å². The van der Waals surface area contributed by atoms with Crippen molar-refractivity contribution < 1.29 is 14.7 Å². The van der Waals surface area contributed by atoms with Gasteiger partial charge >= 0.3 is 0 Å². The Morgan fingerprint density at radius 1 is 0.963 bits per heavy atom. The monoisotopic (exact) mass is 363 g/mol. The van der Waals surface area contributed by atoms with Crippen molar-refractivity contribution in [2.75, 3.05) is 37.7 Å². The van der Waals surface area contributed by atoms with Gasteiger partial charge in [0.2, 0.25) is 0 Å². The van der Waals surface area contributed by atoms with E-state index in [1.54, 1.807) is 0 Å². The van der Waals surface area contributed by atoms with Crippen LogP contribution in [-0.4, -0.2) is 37.9 Å². The lowest BCUT2D eigenvalue weighted by atomic mass is 10.0. The lowest BCUT2D eigenvalue weighted by Crippen LogP contribution is -3.13. The molecule has 0 unspecified atom stereocenters. The number of benzene rings is 3. The van der Waals surface area contributed by atoms with Gasteiger partial charge in [0.05, 0.1) is 44.0 Å². The van der Waals surface area contributed by atoms with Crippen molar-refractivity contribution in [3.05, 3.63) is 66.2 Å². The largest absolute Gasteiger partial charge is 0.507 e. The zero-order valence-corrected chi connectivity index (χ0v) is 15.8. The minimum atomic E-state index is 0.408. The van der Waals surface area contributed by atoms with E-state index in [-0.39, 0.29) is 0 Å². The molecule has 0 spiro atoms. The van der Waals surface area contributed by atoms with Crippen LogP contribution in [0, 0.1) is 0 Å². The zero-order chi connectivity index (χ0) is 18.6. The van der Waals surface area contributed by atoms with Crippen LogP contribution in [0.2, 0.25) is 0 Å². The number of nitrogens with zero attached hydrogens (tertiary/aromatic N) is 1. The minimum absolute atomic E-state index is 0.408. The van der Waals surface area contributed by atoms with Gasteiger partial charge in [-0.3, -0.25) is 0 Å². The maximum Gasteiger partial charge on any atom is 0.142 e. The molecule has 0 amide bonds. The van der Waals surface area contributed by atoms with Crippen molar-refractivity contribution in [2.45, 2.75) is 13.5 Å². The number of hydrogen-bond donors (Lipinski definition) is 2. The Balaban J connectivity index is 1.47. The number of quaternary nitrogens is 1. The summed E-state index contributed by atoms with van der Waals surface area (Å²) in [6, 6.07) is 20.4. The average molecular weight is 363 g/mol. The van der Waals surface area contributed by atoms with Gasteiger partial charge in [0, 0.05) is 0 Å². The fourth-order valence-corrected chi connectivity index (χ4v) is 4.00. The van der Waals surface area contributed by atoms with Crippen molar-refractivity contribution in [3.8, 4) is 11.5 Å². The molecule has 0 aliphatic carbocycles. The zero-order valence-electron chi connectivity index (χ0n) is 15.8. The normalized spacial score (nSPS) is 15.2. The van der Waals surface area contributed by atoms with Crippen LogP contribution in [0.25, 0.3) is 10.8 Å². The van der Waals surface area contributed by atoms with Crippen molar-refractivity contribution in [1.29, 1.82) is 0 Å². The van der Waals surface area contributed by atoms with Gasteiger partial charge in [-0.25, -0.2) is 0 Å². The molecule has 0 aromatic heterocycles. The Hall–Kier alpha value is -2.72. The maximum absolute atomic E-state index is 10.4. The summed E-state index contributed by atoms with van der Waals surface area (Å²) in [6.07, 6.45) is 0. The number of piperazine rings is 1. The second-order valence-corrected chi connectivity index (χ2v) is 7.10. The molecule has 0 atom stereocenters. The van der Waals surface area contributed by atoms with Gasteiger partial charge in [0.1, 0.15) is 18.0 Å². The van der Waals surface area contributed by atoms with Crippen LogP contribution in [-0.2, 0) is 6.54 Å². The highest BCUT2D eigenvalue weighted by molar-refractivity contribution is 5.87. The summed E-state index contributed by atoms with van der Waals surface area (Å²) in [7, 11) is 0. The number of phenolic OH excluding ortho intramolecular Hbond substituents is 1. The van der Waals surface area contributed by atoms with E-state index in [9.17, 15) is 5.11 Å². The molecular weight excluding hydrogens is 336 g/mol. The third-order valence-corrected chi connectivity index (χ3v) is 5.42. The lowest BCUT2D eigenvalue weighted by Gasteiger charge is -2.34. The lowest BCUT2D eigenvalue weighted by molar-refractivity contribution is -0.914. The van der Waals surface area contributed by atoms with Crippen molar-refractivity contribution in [1.82, 2.24) is 0 Å². The number of rotatable bonds is 5. The maximum atomic E-state index is 10.4. The SMILES string of the molecule is CCOc1ccccc1N1CC[NH+](Cc2c(O)ccc3ccccc23)CC1. The van der Waals surface area contributed by atoms with Gasteiger partial charge in [-0.15, -0.1) is 0 Å². The molecular formula is C23H27N2O2+. The Kier molecular flexibility index (Phi) is 5.16. The van der Waals surface area contributed by atoms with E-state index in [2.05, 4.69) is 29.2 Å². The van der Waals surface area contributed by atoms with Gasteiger partial charge in [-0.1, -0.05) is 42.5 Å². The molecule has 0 saturated carbocycles. The van der Waals surface area contributed by atoms with Gasteiger partial charge in [-0.2, -0.15) is 0 Å². The summed E-state index contributed by atoms with van der Waals surface area (Å²) in [6.45, 7) is 7.63. The molecule has 27 heavy (non-hydrogen) atoms. The Bertz CT molecular complexity index is 917. The molecule has 1 aliphatic heterocycles. The summed E-state index contributed by atoms with van der Waals surface area (Å²) >= 11 is 0. The molecule has 1 aliphatic rings. The quantitative estimate of drug-likeness (QED) is 0.732. The fourth-order valence-electron chi connectivity index (χ4n) is 4.00. The topological polar surface area (TPSA) is 37.1 Å². The van der Waals surface area contributed by atoms with Crippen LogP contribution >= 0.6 is 0 Å². The second kappa shape index (κ2) is 7.89. The third kappa shape index (κ3) is 3.71. The van der Waals surface area contributed by atoms with Crippen LogP contribution in [0.3, 0.4) is 0 Å². The van der Waals surface area contributed by atoms with Gasteiger partial charge in [-0.05, 0) is 35.9 Å². The molecule has 1 fully saturated rings. The first kappa shape index (κ1) is 17.7. The number of anilines is 1. The first-order valence-corrected chi connectivity index (χ1v) is 9.76. The summed E-state index contributed by atoms with van der Waals surface area (Å²) in [5, 5.41) is 12.8. The van der Waals surface area contributed by atoms with Crippen molar-refractivity contribution in [2.24, 2.45) is 0 Å². The standard InChI is InChI=1S/C23H26N2O2/c1-2-27-23-10-6-5-9-21(23)25-15-13-24(14-16-25)17-20-19-8-4-3-7-18(19)11-12-22(20)26/h3-12,26H,2,13-17H2,1H3/p+1. The summed E-state index contributed by atoms with van der Waals surface area (Å²) < 4.78 is 5.80. The van der Waals surface area contributed by atoms with Crippen LogP contribution in [0.4, 0.5) is 5.69 Å². The molecule has 0 bridgehead atoms.